The summed E-state index contributed by atoms with van der Waals surface area (Å²) in [6.45, 7) is 0. The second kappa shape index (κ2) is 6.85. The molecule has 0 radical (unpaired) electrons. The van der Waals surface area contributed by atoms with Gasteiger partial charge in [0.25, 0.3) is 11.8 Å². The molecule has 2 aromatic carbocycles. The molecule has 0 unspecified atom stereocenters. The van der Waals surface area contributed by atoms with E-state index < -0.39 is 11.8 Å². The van der Waals surface area contributed by atoms with Crippen LogP contribution in [0.15, 0.2) is 59.4 Å². The second-order valence-corrected chi connectivity index (χ2v) is 6.11. The molecule has 2 N–H and O–H groups in total. The van der Waals surface area contributed by atoms with Crippen LogP contribution in [0, 0.1) is 11.3 Å². The van der Waals surface area contributed by atoms with Crippen LogP contribution < -0.4 is 10.1 Å². The number of methoxy groups -OCH3 is 1. The molecular formula is C21H14N4O3. The molecule has 2 amide bonds. The Morgan fingerprint density at radius 2 is 1.89 bits per heavy atom. The zero-order valence-corrected chi connectivity index (χ0v) is 14.8. The number of imide groups is 1. The van der Waals surface area contributed by atoms with Gasteiger partial charge in [-0.1, -0.05) is 12.1 Å². The van der Waals surface area contributed by atoms with E-state index >= 15 is 0 Å². The zero-order valence-electron chi connectivity index (χ0n) is 14.8. The number of hydrogen-bond acceptors (Lipinski definition) is 5. The molecule has 0 saturated heterocycles. The molecule has 1 aromatic heterocycles. The number of hydrogen-bond donors (Lipinski definition) is 2. The normalized spacial score (nSPS) is 14.0. The summed E-state index contributed by atoms with van der Waals surface area (Å²) in [5.41, 5.74) is 2.86. The van der Waals surface area contributed by atoms with Gasteiger partial charge in [-0.15, -0.1) is 0 Å². The Balaban J connectivity index is 1.81. The van der Waals surface area contributed by atoms with Gasteiger partial charge >= 0.3 is 0 Å². The first-order valence-electron chi connectivity index (χ1n) is 8.40. The van der Waals surface area contributed by atoms with Crippen molar-refractivity contribution in [2.24, 2.45) is 4.99 Å². The van der Waals surface area contributed by atoms with Crippen molar-refractivity contribution < 1.29 is 14.3 Å². The molecule has 28 heavy (non-hydrogen) atoms. The fraction of sp³-hybridized carbons (Fsp3) is 0.0476. The third-order valence-corrected chi connectivity index (χ3v) is 4.45. The lowest BCUT2D eigenvalue weighted by Gasteiger charge is -2.02. The number of nitrogens with zero attached hydrogens (tertiary/aromatic N) is 2. The Labute approximate surface area is 160 Å². The Morgan fingerprint density at radius 3 is 2.61 bits per heavy atom. The number of ether oxygens (including phenoxy) is 1. The Kier molecular flexibility index (Phi) is 4.22. The molecule has 0 atom stereocenters. The lowest BCUT2D eigenvalue weighted by molar-refractivity contribution is -0.123. The number of amides is 2. The topological polar surface area (TPSA) is 107 Å². The lowest BCUT2D eigenvalue weighted by atomic mass is 10.0. The molecule has 4 rings (SSSR count). The monoisotopic (exact) mass is 370 g/mol. The first-order valence-corrected chi connectivity index (χ1v) is 8.40. The van der Waals surface area contributed by atoms with Gasteiger partial charge in [0.1, 0.15) is 11.4 Å². The maximum Gasteiger partial charge on any atom is 0.277 e. The minimum Gasteiger partial charge on any atom is -0.497 e. The average molecular weight is 370 g/mol. The Hall–Kier alpha value is -4.18. The number of aromatic amines is 1. The highest BCUT2D eigenvalue weighted by molar-refractivity contribution is 6.37. The van der Waals surface area contributed by atoms with Gasteiger partial charge in [0.15, 0.2) is 0 Å². The SMILES string of the molecule is COc1ccc2[nH]cc(C3=C(N=Cc4ccc(C#N)cc4)C(=O)NC3=O)c2c1. The van der Waals surface area contributed by atoms with E-state index in [4.69, 9.17) is 10.00 Å². The molecule has 136 valence electrons. The average Bonchev–Trinajstić information content (AvgIpc) is 3.25. The van der Waals surface area contributed by atoms with E-state index in [0.717, 1.165) is 10.9 Å². The van der Waals surface area contributed by atoms with Crippen molar-refractivity contribution in [2.75, 3.05) is 7.11 Å². The summed E-state index contributed by atoms with van der Waals surface area (Å²) in [4.78, 5) is 32.1. The molecule has 0 aliphatic carbocycles. The number of aromatic nitrogens is 1. The lowest BCUT2D eigenvalue weighted by Crippen LogP contribution is -2.22. The maximum atomic E-state index is 12.4. The first kappa shape index (κ1) is 17.2. The fourth-order valence-electron chi connectivity index (χ4n) is 3.04. The predicted octanol–water partition coefficient (Wildman–Crippen LogP) is 2.53. The third-order valence-electron chi connectivity index (χ3n) is 4.45. The summed E-state index contributed by atoms with van der Waals surface area (Å²) >= 11 is 0. The predicted molar refractivity (Wildman–Crippen MR) is 104 cm³/mol. The largest absolute Gasteiger partial charge is 0.497 e. The van der Waals surface area contributed by atoms with Crippen molar-refractivity contribution >= 4 is 34.5 Å². The van der Waals surface area contributed by atoms with Crippen molar-refractivity contribution in [3.05, 3.63) is 71.0 Å². The van der Waals surface area contributed by atoms with E-state index in [2.05, 4.69) is 15.3 Å². The first-order chi connectivity index (χ1) is 13.6. The number of carbonyl (C=O) groups excluding carboxylic acids is 2. The number of carbonyl (C=O) groups is 2. The highest BCUT2D eigenvalue weighted by atomic mass is 16.5. The summed E-state index contributed by atoms with van der Waals surface area (Å²) in [6.07, 6.45) is 3.17. The van der Waals surface area contributed by atoms with Crippen molar-refractivity contribution in [1.29, 1.82) is 5.26 Å². The van der Waals surface area contributed by atoms with Crippen LogP contribution in [0.25, 0.3) is 16.5 Å². The molecule has 1 aliphatic heterocycles. The smallest absolute Gasteiger partial charge is 0.277 e. The summed E-state index contributed by atoms with van der Waals surface area (Å²) in [7, 11) is 1.56. The van der Waals surface area contributed by atoms with Crippen LogP contribution in [0.5, 0.6) is 5.75 Å². The number of fused-ring (bicyclic) bond motifs is 1. The number of rotatable bonds is 4. The number of nitrogens with one attached hydrogen (secondary N) is 2. The van der Waals surface area contributed by atoms with Crippen molar-refractivity contribution in [2.45, 2.75) is 0 Å². The maximum absolute atomic E-state index is 12.4. The van der Waals surface area contributed by atoms with Crippen LogP contribution in [0.4, 0.5) is 0 Å². The van der Waals surface area contributed by atoms with E-state index in [0.29, 0.717) is 22.4 Å². The Morgan fingerprint density at radius 1 is 1.11 bits per heavy atom. The van der Waals surface area contributed by atoms with Gasteiger partial charge in [-0.2, -0.15) is 5.26 Å². The van der Waals surface area contributed by atoms with Crippen molar-refractivity contribution in [1.82, 2.24) is 10.3 Å². The molecule has 2 heterocycles. The molecule has 0 saturated carbocycles. The van der Waals surface area contributed by atoms with Gasteiger partial charge in [0.2, 0.25) is 0 Å². The van der Waals surface area contributed by atoms with Crippen LogP contribution in [-0.4, -0.2) is 30.1 Å². The minimum atomic E-state index is -0.554. The Bertz CT molecular complexity index is 1210. The third kappa shape index (κ3) is 2.93. The van der Waals surface area contributed by atoms with Crippen molar-refractivity contribution in [3.8, 4) is 11.8 Å². The van der Waals surface area contributed by atoms with Gasteiger partial charge < -0.3 is 9.72 Å². The van der Waals surface area contributed by atoms with Gasteiger partial charge in [-0.25, -0.2) is 4.99 Å². The van der Waals surface area contributed by atoms with E-state index in [1.165, 1.54) is 6.21 Å². The van der Waals surface area contributed by atoms with Crippen LogP contribution in [-0.2, 0) is 9.59 Å². The molecule has 0 spiro atoms. The molecule has 1 aliphatic rings. The van der Waals surface area contributed by atoms with Gasteiger partial charge in [0, 0.05) is 28.9 Å². The number of aliphatic imine (C=N–C) groups is 1. The van der Waals surface area contributed by atoms with Gasteiger partial charge in [0.05, 0.1) is 24.3 Å². The molecule has 0 fully saturated rings. The van der Waals surface area contributed by atoms with Gasteiger partial charge in [-0.3, -0.25) is 14.9 Å². The molecule has 7 nitrogen and oxygen atoms in total. The summed E-state index contributed by atoms with van der Waals surface area (Å²) < 4.78 is 5.26. The molecule has 7 heteroatoms. The quantitative estimate of drug-likeness (QED) is 0.543. The minimum absolute atomic E-state index is 0.0399. The number of H-pyrrole nitrogens is 1. The standard InChI is InChI=1S/C21H14N4O3/c1-28-14-6-7-17-15(8-14)16(11-23-17)18-19(21(27)25-20(18)26)24-10-13-4-2-12(9-22)3-5-13/h2-8,10-11,23H,1H3,(H,25,26,27). The number of nitriles is 1. The van der Waals surface area contributed by atoms with Crippen LogP contribution in [0.1, 0.15) is 16.7 Å². The summed E-state index contributed by atoms with van der Waals surface area (Å²) in [5.74, 6) is -0.413. The highest BCUT2D eigenvalue weighted by Gasteiger charge is 2.32. The molecular weight excluding hydrogens is 356 g/mol. The van der Waals surface area contributed by atoms with E-state index in [1.807, 2.05) is 12.1 Å². The van der Waals surface area contributed by atoms with Gasteiger partial charge in [-0.05, 0) is 35.9 Å². The summed E-state index contributed by atoms with van der Waals surface area (Å²) in [5, 5.41) is 11.9. The highest BCUT2D eigenvalue weighted by Crippen LogP contribution is 2.32. The van der Waals surface area contributed by atoms with E-state index in [9.17, 15) is 9.59 Å². The van der Waals surface area contributed by atoms with Crippen LogP contribution in [0.3, 0.4) is 0 Å². The van der Waals surface area contributed by atoms with Crippen molar-refractivity contribution in [3.63, 3.8) is 0 Å². The molecule has 0 bridgehead atoms. The van der Waals surface area contributed by atoms with Crippen LogP contribution >= 0.6 is 0 Å². The van der Waals surface area contributed by atoms with Crippen LogP contribution in [0.2, 0.25) is 0 Å². The van der Waals surface area contributed by atoms with E-state index in [-0.39, 0.29) is 11.3 Å². The fourth-order valence-corrected chi connectivity index (χ4v) is 3.04. The zero-order chi connectivity index (χ0) is 19.7. The molecule has 3 aromatic rings. The van der Waals surface area contributed by atoms with E-state index in [1.54, 1.807) is 49.7 Å². The number of benzene rings is 2. The second-order valence-electron chi connectivity index (χ2n) is 6.11. The summed E-state index contributed by atoms with van der Waals surface area (Å²) in [6, 6.07) is 14.2.